The third kappa shape index (κ3) is 5.51. The van der Waals surface area contributed by atoms with E-state index < -0.39 is 16.0 Å². The van der Waals surface area contributed by atoms with Gasteiger partial charge in [-0.2, -0.15) is 0 Å². The number of aromatic carboxylic acids is 1. The first-order valence-corrected chi connectivity index (χ1v) is 12.4. The number of pyridine rings is 1. The molecule has 0 aliphatic carbocycles. The summed E-state index contributed by atoms with van der Waals surface area (Å²) in [6.45, 7) is 3.25. The normalized spacial score (nSPS) is 14.8. The summed E-state index contributed by atoms with van der Waals surface area (Å²) in [6.07, 6.45) is 4.17. The summed E-state index contributed by atoms with van der Waals surface area (Å²) in [7, 11) is -3.90. The first-order chi connectivity index (χ1) is 15.8. The van der Waals surface area contributed by atoms with Gasteiger partial charge in [0.1, 0.15) is 0 Å². The molecule has 172 valence electrons. The minimum absolute atomic E-state index is 0.0698. The number of carboxylic acid groups (broad SMARTS) is 1. The molecule has 7 nitrogen and oxygen atoms in total. The molecule has 1 fully saturated rings. The SMILES string of the molecule is Cc1cccc(S(=O)(=O)Nc2cc(C(=O)O)cnc2N2CCC(Cc3ccccc3)CC2)c1. The van der Waals surface area contributed by atoms with Crippen molar-refractivity contribution in [1.29, 1.82) is 0 Å². The fourth-order valence-corrected chi connectivity index (χ4v) is 5.34. The molecule has 2 heterocycles. The smallest absolute Gasteiger partial charge is 0.337 e. The zero-order chi connectivity index (χ0) is 23.4. The lowest BCUT2D eigenvalue weighted by Crippen LogP contribution is -2.35. The number of sulfonamides is 1. The Morgan fingerprint density at radius 1 is 1.09 bits per heavy atom. The maximum atomic E-state index is 13.0. The van der Waals surface area contributed by atoms with E-state index in [0.717, 1.165) is 37.9 Å². The molecule has 0 radical (unpaired) electrons. The number of carbonyl (C=O) groups is 1. The highest BCUT2D eigenvalue weighted by Gasteiger charge is 2.25. The second-order valence-electron chi connectivity index (χ2n) is 8.44. The molecule has 1 aliphatic rings. The van der Waals surface area contributed by atoms with Crippen LogP contribution in [0.5, 0.6) is 0 Å². The first-order valence-electron chi connectivity index (χ1n) is 10.9. The number of hydrogen-bond donors (Lipinski definition) is 2. The van der Waals surface area contributed by atoms with Gasteiger partial charge in [0.25, 0.3) is 10.0 Å². The van der Waals surface area contributed by atoms with Gasteiger partial charge in [-0.1, -0.05) is 42.5 Å². The third-order valence-corrected chi connectivity index (χ3v) is 7.30. The molecule has 0 saturated carbocycles. The Labute approximate surface area is 194 Å². The molecule has 0 spiro atoms. The molecule has 0 unspecified atom stereocenters. The van der Waals surface area contributed by atoms with Gasteiger partial charge in [-0.25, -0.2) is 18.2 Å². The van der Waals surface area contributed by atoms with E-state index >= 15 is 0 Å². The Balaban J connectivity index is 1.55. The molecule has 8 heteroatoms. The van der Waals surface area contributed by atoms with Gasteiger partial charge in [-0.05, 0) is 61.4 Å². The molecule has 1 saturated heterocycles. The summed E-state index contributed by atoms with van der Waals surface area (Å²) < 4.78 is 28.6. The molecule has 33 heavy (non-hydrogen) atoms. The lowest BCUT2D eigenvalue weighted by molar-refractivity contribution is 0.0696. The van der Waals surface area contributed by atoms with Crippen molar-refractivity contribution >= 4 is 27.5 Å². The molecule has 0 amide bonds. The van der Waals surface area contributed by atoms with E-state index in [2.05, 4.69) is 21.8 Å². The molecular formula is C25H27N3O4S. The Bertz CT molecular complexity index is 1240. The number of nitrogens with zero attached hydrogens (tertiary/aromatic N) is 2. The summed E-state index contributed by atoms with van der Waals surface area (Å²) in [5, 5.41) is 9.41. The molecule has 2 aromatic carbocycles. The van der Waals surface area contributed by atoms with Crippen molar-refractivity contribution in [2.45, 2.75) is 31.1 Å². The topological polar surface area (TPSA) is 99.6 Å². The van der Waals surface area contributed by atoms with Crippen molar-refractivity contribution in [3.63, 3.8) is 0 Å². The van der Waals surface area contributed by atoms with Crippen LogP contribution in [0.3, 0.4) is 0 Å². The minimum Gasteiger partial charge on any atom is -0.478 e. The van der Waals surface area contributed by atoms with Crippen LogP contribution in [0, 0.1) is 12.8 Å². The molecule has 3 aromatic rings. The summed E-state index contributed by atoms with van der Waals surface area (Å²) in [5.74, 6) is -0.171. The highest BCUT2D eigenvalue weighted by Crippen LogP contribution is 2.31. The predicted octanol–water partition coefficient (Wildman–Crippen LogP) is 4.35. The number of carboxylic acids is 1. The highest BCUT2D eigenvalue weighted by molar-refractivity contribution is 7.92. The number of anilines is 2. The molecule has 1 aliphatic heterocycles. The molecule has 1 aromatic heterocycles. The van der Waals surface area contributed by atoms with E-state index in [1.807, 2.05) is 36.1 Å². The van der Waals surface area contributed by atoms with Crippen molar-refractivity contribution in [2.24, 2.45) is 5.92 Å². The molecule has 2 N–H and O–H groups in total. The second-order valence-corrected chi connectivity index (χ2v) is 10.1. The average molecular weight is 466 g/mol. The number of aryl methyl sites for hydroxylation is 1. The lowest BCUT2D eigenvalue weighted by atomic mass is 9.90. The summed E-state index contributed by atoms with van der Waals surface area (Å²) >= 11 is 0. The van der Waals surface area contributed by atoms with Gasteiger partial charge >= 0.3 is 5.97 Å². The fourth-order valence-electron chi connectivity index (χ4n) is 4.18. The summed E-state index contributed by atoms with van der Waals surface area (Å²) in [6, 6.07) is 18.3. The predicted molar refractivity (Wildman–Crippen MR) is 128 cm³/mol. The van der Waals surface area contributed by atoms with E-state index in [9.17, 15) is 18.3 Å². The maximum Gasteiger partial charge on any atom is 0.337 e. The molecule has 0 bridgehead atoms. The number of rotatable bonds is 7. The van der Waals surface area contributed by atoms with Gasteiger partial charge in [-0.15, -0.1) is 0 Å². The largest absolute Gasteiger partial charge is 0.478 e. The van der Waals surface area contributed by atoms with Crippen LogP contribution in [0.1, 0.15) is 34.3 Å². The summed E-state index contributed by atoms with van der Waals surface area (Å²) in [4.78, 5) is 18.0. The van der Waals surface area contributed by atoms with Crippen molar-refractivity contribution in [3.05, 3.63) is 83.6 Å². The van der Waals surface area contributed by atoms with Gasteiger partial charge < -0.3 is 10.0 Å². The monoisotopic (exact) mass is 465 g/mol. The van der Waals surface area contributed by atoms with Gasteiger partial charge in [0, 0.05) is 19.3 Å². The van der Waals surface area contributed by atoms with Crippen LogP contribution in [0.15, 0.2) is 71.8 Å². The van der Waals surface area contributed by atoms with E-state index in [-0.39, 0.29) is 16.1 Å². The van der Waals surface area contributed by atoms with Gasteiger partial charge in [0.2, 0.25) is 0 Å². The van der Waals surface area contributed by atoms with Crippen LogP contribution in [0.2, 0.25) is 0 Å². The lowest BCUT2D eigenvalue weighted by Gasteiger charge is -2.34. The standard InChI is InChI=1S/C25H27N3O4S/c1-18-6-5-9-22(14-18)33(31,32)27-23-16-21(25(29)30)17-26-24(23)28-12-10-20(11-13-28)15-19-7-3-2-4-8-19/h2-9,14,16-17,20,27H,10-13,15H2,1H3,(H,29,30). The average Bonchev–Trinajstić information content (AvgIpc) is 2.80. The molecule has 0 atom stereocenters. The molecular weight excluding hydrogens is 438 g/mol. The highest BCUT2D eigenvalue weighted by atomic mass is 32.2. The van der Waals surface area contributed by atoms with Crippen LogP contribution < -0.4 is 9.62 Å². The van der Waals surface area contributed by atoms with Crippen LogP contribution >= 0.6 is 0 Å². The van der Waals surface area contributed by atoms with E-state index in [1.165, 1.54) is 23.9 Å². The van der Waals surface area contributed by atoms with Crippen molar-refractivity contribution in [2.75, 3.05) is 22.7 Å². The van der Waals surface area contributed by atoms with Crippen LogP contribution in [-0.2, 0) is 16.4 Å². The zero-order valence-electron chi connectivity index (χ0n) is 18.4. The Morgan fingerprint density at radius 2 is 1.82 bits per heavy atom. The number of piperidine rings is 1. The van der Waals surface area contributed by atoms with Crippen LogP contribution in [-0.4, -0.2) is 37.6 Å². The first kappa shape index (κ1) is 22.8. The van der Waals surface area contributed by atoms with E-state index in [4.69, 9.17) is 0 Å². The quantitative estimate of drug-likeness (QED) is 0.538. The Kier molecular flexibility index (Phi) is 6.65. The van der Waals surface area contributed by atoms with Crippen LogP contribution in [0.4, 0.5) is 11.5 Å². The second kappa shape index (κ2) is 9.62. The van der Waals surface area contributed by atoms with Gasteiger partial charge in [0.05, 0.1) is 16.1 Å². The van der Waals surface area contributed by atoms with E-state index in [0.29, 0.717) is 11.7 Å². The number of aromatic nitrogens is 1. The maximum absolute atomic E-state index is 13.0. The van der Waals surface area contributed by atoms with Crippen LogP contribution in [0.25, 0.3) is 0 Å². The Hall–Kier alpha value is -3.39. The molecule has 4 rings (SSSR count). The number of benzene rings is 2. The number of hydrogen-bond acceptors (Lipinski definition) is 5. The van der Waals surface area contributed by atoms with E-state index in [1.54, 1.807) is 12.1 Å². The Morgan fingerprint density at radius 3 is 2.48 bits per heavy atom. The van der Waals surface area contributed by atoms with Crippen molar-refractivity contribution in [3.8, 4) is 0 Å². The number of nitrogens with one attached hydrogen (secondary N) is 1. The fraction of sp³-hybridized carbons (Fsp3) is 0.280. The summed E-state index contributed by atoms with van der Waals surface area (Å²) in [5.41, 5.74) is 2.24. The van der Waals surface area contributed by atoms with Crippen molar-refractivity contribution < 1.29 is 18.3 Å². The van der Waals surface area contributed by atoms with Crippen molar-refractivity contribution in [1.82, 2.24) is 4.98 Å². The third-order valence-electron chi connectivity index (χ3n) is 5.94. The van der Waals surface area contributed by atoms with Gasteiger partial charge in [-0.3, -0.25) is 4.72 Å². The zero-order valence-corrected chi connectivity index (χ0v) is 19.3. The van der Waals surface area contributed by atoms with Gasteiger partial charge in [0.15, 0.2) is 5.82 Å². The minimum atomic E-state index is -3.90.